The lowest BCUT2D eigenvalue weighted by molar-refractivity contribution is -0.141. The molecule has 0 radical (unpaired) electrons. The largest absolute Gasteiger partial charge is 0.478 e. The number of benzene rings is 1. The van der Waals surface area contributed by atoms with Gasteiger partial charge in [-0.1, -0.05) is 12.1 Å². The Hall–Kier alpha value is -2.18. The molecule has 0 saturated carbocycles. The quantitative estimate of drug-likeness (QED) is 0.674. The van der Waals surface area contributed by atoms with Gasteiger partial charge in [0.25, 0.3) is 0 Å². The van der Waals surface area contributed by atoms with Crippen LogP contribution in [0.4, 0.5) is 18.9 Å². The van der Waals surface area contributed by atoms with Gasteiger partial charge in [0.05, 0.1) is 16.8 Å². The summed E-state index contributed by atoms with van der Waals surface area (Å²) < 4.78 is 37.9. The van der Waals surface area contributed by atoms with Crippen molar-refractivity contribution < 1.29 is 23.1 Å². The maximum atomic E-state index is 12.6. The number of aromatic nitrogens is 1. The Morgan fingerprint density at radius 1 is 1.35 bits per heavy atom. The maximum Gasteiger partial charge on any atom is 0.432 e. The van der Waals surface area contributed by atoms with Gasteiger partial charge in [-0.05, 0) is 6.07 Å². The number of aromatic carboxylic acids is 1. The van der Waals surface area contributed by atoms with E-state index >= 15 is 0 Å². The van der Waals surface area contributed by atoms with E-state index in [9.17, 15) is 18.0 Å². The van der Waals surface area contributed by atoms with Crippen LogP contribution in [0.3, 0.4) is 0 Å². The SMILES string of the molecule is Nc1cccc2c(C(=O)O)c(C(F)(F)F)[nH]c12. The van der Waals surface area contributed by atoms with Crippen molar-refractivity contribution in [1.82, 2.24) is 4.98 Å². The van der Waals surface area contributed by atoms with Gasteiger partial charge in [0.15, 0.2) is 0 Å². The number of anilines is 1. The lowest BCUT2D eigenvalue weighted by atomic mass is 10.1. The number of nitrogens with one attached hydrogen (secondary N) is 1. The summed E-state index contributed by atoms with van der Waals surface area (Å²) in [6.45, 7) is 0. The van der Waals surface area contributed by atoms with Crippen molar-refractivity contribution in [1.29, 1.82) is 0 Å². The second-order valence-corrected chi connectivity index (χ2v) is 3.45. The minimum atomic E-state index is -4.76. The number of hydrogen-bond donors (Lipinski definition) is 3. The summed E-state index contributed by atoms with van der Waals surface area (Å²) in [5.41, 5.74) is 3.44. The molecule has 4 N–H and O–H groups in total. The van der Waals surface area contributed by atoms with Crippen LogP contribution in [0.2, 0.25) is 0 Å². The van der Waals surface area contributed by atoms with E-state index in [2.05, 4.69) is 0 Å². The van der Waals surface area contributed by atoms with Crippen LogP contribution in [0.5, 0.6) is 0 Å². The van der Waals surface area contributed by atoms with Crippen LogP contribution in [0.1, 0.15) is 16.1 Å². The lowest BCUT2D eigenvalue weighted by Crippen LogP contribution is -2.11. The molecule has 0 saturated heterocycles. The van der Waals surface area contributed by atoms with Gasteiger partial charge in [-0.25, -0.2) is 4.79 Å². The highest BCUT2D eigenvalue weighted by Gasteiger charge is 2.38. The van der Waals surface area contributed by atoms with Gasteiger partial charge >= 0.3 is 12.1 Å². The zero-order valence-corrected chi connectivity index (χ0v) is 8.30. The molecule has 1 aromatic carbocycles. The molecule has 0 unspecified atom stereocenters. The third-order valence-electron chi connectivity index (χ3n) is 2.36. The molecule has 0 atom stereocenters. The topological polar surface area (TPSA) is 79.1 Å². The zero-order valence-electron chi connectivity index (χ0n) is 8.30. The number of H-pyrrole nitrogens is 1. The normalized spacial score (nSPS) is 11.9. The number of halogens is 3. The van der Waals surface area contributed by atoms with Gasteiger partial charge in [0, 0.05) is 5.39 Å². The Bertz CT molecular complexity index is 601. The fourth-order valence-corrected chi connectivity index (χ4v) is 1.67. The van der Waals surface area contributed by atoms with Gasteiger partial charge in [-0.2, -0.15) is 13.2 Å². The highest BCUT2D eigenvalue weighted by molar-refractivity contribution is 6.07. The highest BCUT2D eigenvalue weighted by atomic mass is 19.4. The first-order chi connectivity index (χ1) is 7.82. The number of rotatable bonds is 1. The number of carbonyl (C=O) groups is 1. The number of nitrogens with two attached hydrogens (primary N) is 1. The summed E-state index contributed by atoms with van der Waals surface area (Å²) in [7, 11) is 0. The number of para-hydroxylation sites is 1. The van der Waals surface area contributed by atoms with Crippen LogP contribution < -0.4 is 5.73 Å². The molecule has 17 heavy (non-hydrogen) atoms. The first-order valence-corrected chi connectivity index (χ1v) is 4.53. The van der Waals surface area contributed by atoms with Crippen molar-refractivity contribution in [2.24, 2.45) is 0 Å². The summed E-state index contributed by atoms with van der Waals surface area (Å²) in [5.74, 6) is -1.64. The first kappa shape index (κ1) is 11.3. The Labute approximate surface area is 92.8 Å². The van der Waals surface area contributed by atoms with Crippen LogP contribution in [0, 0.1) is 0 Å². The van der Waals surface area contributed by atoms with E-state index in [0.717, 1.165) is 0 Å². The van der Waals surface area contributed by atoms with E-state index in [1.165, 1.54) is 18.2 Å². The molecule has 0 aliphatic carbocycles. The molecule has 0 spiro atoms. The van der Waals surface area contributed by atoms with Gasteiger partial charge in [-0.3, -0.25) is 0 Å². The van der Waals surface area contributed by atoms with Gasteiger partial charge in [-0.15, -0.1) is 0 Å². The number of fused-ring (bicyclic) bond motifs is 1. The fraction of sp³-hybridized carbons (Fsp3) is 0.100. The number of carboxylic acid groups (broad SMARTS) is 1. The van der Waals surface area contributed by atoms with Crippen LogP contribution in [-0.4, -0.2) is 16.1 Å². The summed E-state index contributed by atoms with van der Waals surface area (Å²) >= 11 is 0. The van der Waals surface area contributed by atoms with Gasteiger partial charge in [0.2, 0.25) is 0 Å². The van der Waals surface area contributed by atoms with Crippen molar-refractivity contribution in [3.8, 4) is 0 Å². The average Bonchev–Trinajstić information content (AvgIpc) is 2.57. The Morgan fingerprint density at radius 2 is 2.00 bits per heavy atom. The van der Waals surface area contributed by atoms with Crippen molar-refractivity contribution in [3.05, 3.63) is 29.5 Å². The number of alkyl halides is 3. The molecular formula is C10H7F3N2O2. The molecule has 0 aliphatic rings. The second kappa shape index (κ2) is 3.41. The molecule has 2 aromatic rings. The van der Waals surface area contributed by atoms with Crippen molar-refractivity contribution in [2.45, 2.75) is 6.18 Å². The van der Waals surface area contributed by atoms with Gasteiger partial charge in [0.1, 0.15) is 5.69 Å². The molecule has 7 heteroatoms. The minimum absolute atomic E-state index is 0.0165. The van der Waals surface area contributed by atoms with Crippen molar-refractivity contribution in [2.75, 3.05) is 5.73 Å². The smallest absolute Gasteiger partial charge is 0.432 e. The fourth-order valence-electron chi connectivity index (χ4n) is 1.67. The summed E-state index contributed by atoms with van der Waals surface area (Å²) in [6, 6.07) is 4.07. The summed E-state index contributed by atoms with van der Waals surface area (Å²) in [6.07, 6.45) is -4.76. The van der Waals surface area contributed by atoms with E-state index in [4.69, 9.17) is 10.8 Å². The number of nitrogen functional groups attached to an aromatic ring is 1. The Kier molecular flexibility index (Phi) is 2.27. The molecule has 1 aromatic heterocycles. The number of hydrogen-bond acceptors (Lipinski definition) is 2. The standard InChI is InChI=1S/C10H7F3N2O2/c11-10(12,13)8-6(9(16)17)4-2-1-3-5(14)7(4)15-8/h1-3,15H,14H2,(H,16,17). The first-order valence-electron chi connectivity index (χ1n) is 4.53. The van der Waals surface area contributed by atoms with Gasteiger partial charge < -0.3 is 15.8 Å². The third kappa shape index (κ3) is 1.69. The third-order valence-corrected chi connectivity index (χ3v) is 2.36. The van der Waals surface area contributed by atoms with Crippen LogP contribution in [0.25, 0.3) is 10.9 Å². The molecule has 2 rings (SSSR count). The maximum absolute atomic E-state index is 12.6. The summed E-state index contributed by atoms with van der Waals surface area (Å²) in [5, 5.41) is 8.79. The van der Waals surface area contributed by atoms with Crippen LogP contribution in [0.15, 0.2) is 18.2 Å². The zero-order chi connectivity index (χ0) is 12.8. The van der Waals surface area contributed by atoms with Crippen LogP contribution >= 0.6 is 0 Å². The lowest BCUT2D eigenvalue weighted by Gasteiger charge is -2.04. The second-order valence-electron chi connectivity index (χ2n) is 3.45. The van der Waals surface area contributed by atoms with E-state index < -0.39 is 23.4 Å². The Balaban J connectivity index is 2.90. The molecule has 0 amide bonds. The number of carboxylic acids is 1. The molecule has 0 bridgehead atoms. The van der Waals surface area contributed by atoms with E-state index in [-0.39, 0.29) is 16.6 Å². The molecule has 90 valence electrons. The molecule has 0 fully saturated rings. The molecule has 0 aliphatic heterocycles. The van der Waals surface area contributed by atoms with E-state index in [1.807, 2.05) is 4.98 Å². The van der Waals surface area contributed by atoms with E-state index in [0.29, 0.717) is 0 Å². The van der Waals surface area contributed by atoms with Crippen molar-refractivity contribution in [3.63, 3.8) is 0 Å². The molecule has 4 nitrogen and oxygen atoms in total. The highest BCUT2D eigenvalue weighted by Crippen LogP contribution is 2.36. The minimum Gasteiger partial charge on any atom is -0.478 e. The number of aromatic amines is 1. The predicted octanol–water partition coefficient (Wildman–Crippen LogP) is 2.47. The molecular weight excluding hydrogens is 237 g/mol. The van der Waals surface area contributed by atoms with Crippen LogP contribution in [-0.2, 0) is 6.18 Å². The van der Waals surface area contributed by atoms with Crippen molar-refractivity contribution >= 4 is 22.6 Å². The summed E-state index contributed by atoms with van der Waals surface area (Å²) in [4.78, 5) is 12.9. The monoisotopic (exact) mass is 244 g/mol. The van der Waals surface area contributed by atoms with E-state index in [1.54, 1.807) is 0 Å². The predicted molar refractivity (Wildman–Crippen MR) is 54.7 cm³/mol. The molecule has 1 heterocycles. The Morgan fingerprint density at radius 3 is 2.53 bits per heavy atom. The average molecular weight is 244 g/mol.